The molecule has 6 heteroatoms. The normalized spacial score (nSPS) is 10.3. The molecule has 2 rings (SSSR count). The summed E-state index contributed by atoms with van der Waals surface area (Å²) in [5.74, 6) is 6.23. The number of nitrogen functional groups attached to an aromatic ring is 1. The predicted molar refractivity (Wildman–Crippen MR) is 74.1 cm³/mol. The lowest BCUT2D eigenvalue weighted by Gasteiger charge is -1.99. The molecule has 2 aromatic rings. The van der Waals surface area contributed by atoms with Crippen molar-refractivity contribution in [3.8, 4) is 0 Å². The molecule has 1 aromatic heterocycles. The third-order valence-corrected chi connectivity index (χ3v) is 3.77. The third kappa shape index (κ3) is 3.38. The van der Waals surface area contributed by atoms with Crippen molar-refractivity contribution >= 4 is 33.6 Å². The largest absolute Gasteiger partial charge is 0.455 e. The molecule has 0 fully saturated rings. The molecule has 1 amide bonds. The van der Waals surface area contributed by atoms with Crippen LogP contribution in [-0.2, 0) is 5.75 Å². The topological polar surface area (TPSA) is 68.3 Å². The molecule has 0 aliphatic rings. The highest BCUT2D eigenvalue weighted by molar-refractivity contribution is 9.10. The molecule has 0 unspecified atom stereocenters. The fourth-order valence-electron chi connectivity index (χ4n) is 1.33. The van der Waals surface area contributed by atoms with E-state index in [2.05, 4.69) is 15.9 Å². The second-order valence-electron chi connectivity index (χ2n) is 3.48. The molecule has 0 atom stereocenters. The van der Waals surface area contributed by atoms with Crippen LogP contribution in [0.5, 0.6) is 0 Å². The Morgan fingerprint density at radius 2 is 2.00 bits per heavy atom. The number of furan rings is 1. The number of benzene rings is 1. The standard InChI is InChI=1S/C12H11BrN2O2S/c13-8-1-4-10(5-2-8)18-7-9-3-6-11(17-9)12(16)15-14/h1-6H,7,14H2,(H,15,16). The van der Waals surface area contributed by atoms with E-state index in [9.17, 15) is 4.79 Å². The van der Waals surface area contributed by atoms with E-state index in [-0.39, 0.29) is 5.76 Å². The summed E-state index contributed by atoms with van der Waals surface area (Å²) < 4.78 is 6.41. The van der Waals surface area contributed by atoms with Gasteiger partial charge in [0.05, 0.1) is 5.75 Å². The first-order valence-corrected chi connectivity index (χ1v) is 6.95. The lowest BCUT2D eigenvalue weighted by atomic mass is 10.4. The Hall–Kier alpha value is -1.24. The van der Waals surface area contributed by atoms with E-state index in [0.717, 1.165) is 15.1 Å². The van der Waals surface area contributed by atoms with Crippen molar-refractivity contribution in [2.24, 2.45) is 5.84 Å². The second-order valence-corrected chi connectivity index (χ2v) is 5.45. The fourth-order valence-corrected chi connectivity index (χ4v) is 2.39. The van der Waals surface area contributed by atoms with Crippen molar-refractivity contribution in [3.05, 3.63) is 52.4 Å². The molecule has 0 spiro atoms. The third-order valence-electron chi connectivity index (χ3n) is 2.21. The molecule has 94 valence electrons. The Balaban J connectivity index is 1.96. The molecule has 0 radical (unpaired) electrons. The monoisotopic (exact) mass is 326 g/mol. The summed E-state index contributed by atoms with van der Waals surface area (Å²) in [4.78, 5) is 12.3. The average molecular weight is 327 g/mol. The summed E-state index contributed by atoms with van der Waals surface area (Å²) in [6.45, 7) is 0. The number of carbonyl (C=O) groups excluding carboxylic acids is 1. The predicted octanol–water partition coefficient (Wildman–Crippen LogP) is 2.94. The quantitative estimate of drug-likeness (QED) is 0.392. The minimum Gasteiger partial charge on any atom is -0.455 e. The number of thioether (sulfide) groups is 1. The smallest absolute Gasteiger partial charge is 0.300 e. The zero-order valence-electron chi connectivity index (χ0n) is 9.35. The summed E-state index contributed by atoms with van der Waals surface area (Å²) >= 11 is 5.02. The molecule has 4 nitrogen and oxygen atoms in total. The van der Waals surface area contributed by atoms with Crippen molar-refractivity contribution in [1.29, 1.82) is 0 Å². The van der Waals surface area contributed by atoms with Crippen LogP contribution < -0.4 is 11.3 Å². The molecule has 18 heavy (non-hydrogen) atoms. The van der Waals surface area contributed by atoms with Gasteiger partial charge in [0.2, 0.25) is 0 Å². The van der Waals surface area contributed by atoms with Gasteiger partial charge in [-0.25, -0.2) is 5.84 Å². The molecular formula is C12H11BrN2O2S. The number of halogens is 1. The number of carbonyl (C=O) groups is 1. The molecule has 1 aromatic carbocycles. The maximum Gasteiger partial charge on any atom is 0.300 e. The van der Waals surface area contributed by atoms with Gasteiger partial charge in [-0.2, -0.15) is 0 Å². The van der Waals surface area contributed by atoms with Gasteiger partial charge in [0.1, 0.15) is 5.76 Å². The number of rotatable bonds is 4. The van der Waals surface area contributed by atoms with Crippen molar-refractivity contribution in [3.63, 3.8) is 0 Å². The van der Waals surface area contributed by atoms with Crippen molar-refractivity contribution in [1.82, 2.24) is 5.43 Å². The first-order chi connectivity index (χ1) is 8.69. The van der Waals surface area contributed by atoms with E-state index in [1.165, 1.54) is 0 Å². The Morgan fingerprint density at radius 1 is 1.28 bits per heavy atom. The lowest BCUT2D eigenvalue weighted by Crippen LogP contribution is -2.29. The Kier molecular flexibility index (Phi) is 4.46. The summed E-state index contributed by atoms with van der Waals surface area (Å²) in [7, 11) is 0. The first-order valence-electron chi connectivity index (χ1n) is 5.17. The maximum atomic E-state index is 11.2. The van der Waals surface area contributed by atoms with Gasteiger partial charge in [0.15, 0.2) is 5.76 Å². The van der Waals surface area contributed by atoms with Crippen LogP contribution in [0.25, 0.3) is 0 Å². The molecule has 0 aliphatic carbocycles. The summed E-state index contributed by atoms with van der Waals surface area (Å²) in [6.07, 6.45) is 0. The summed E-state index contributed by atoms with van der Waals surface area (Å²) in [5.41, 5.74) is 2.03. The number of nitrogens with two attached hydrogens (primary N) is 1. The zero-order chi connectivity index (χ0) is 13.0. The highest BCUT2D eigenvalue weighted by atomic mass is 79.9. The van der Waals surface area contributed by atoms with Crippen LogP contribution in [0.4, 0.5) is 0 Å². The Morgan fingerprint density at radius 3 is 2.67 bits per heavy atom. The van der Waals surface area contributed by atoms with Crippen LogP contribution >= 0.6 is 27.7 Å². The fraction of sp³-hybridized carbons (Fsp3) is 0.0833. The first kappa shape index (κ1) is 13.2. The summed E-state index contributed by atoms with van der Waals surface area (Å²) in [5, 5.41) is 0. The molecule has 0 bridgehead atoms. The maximum absolute atomic E-state index is 11.2. The van der Waals surface area contributed by atoms with Gasteiger partial charge < -0.3 is 4.42 Å². The lowest BCUT2D eigenvalue weighted by molar-refractivity contribution is 0.0924. The van der Waals surface area contributed by atoms with Crippen molar-refractivity contribution in [2.45, 2.75) is 10.6 Å². The van der Waals surface area contributed by atoms with E-state index >= 15 is 0 Å². The Labute approximate surface area is 117 Å². The highest BCUT2D eigenvalue weighted by Crippen LogP contribution is 2.25. The van der Waals surface area contributed by atoms with E-state index < -0.39 is 5.91 Å². The van der Waals surface area contributed by atoms with Crippen LogP contribution in [0.1, 0.15) is 16.3 Å². The van der Waals surface area contributed by atoms with E-state index in [0.29, 0.717) is 5.75 Å². The zero-order valence-corrected chi connectivity index (χ0v) is 11.8. The van der Waals surface area contributed by atoms with Crippen molar-refractivity contribution < 1.29 is 9.21 Å². The van der Waals surface area contributed by atoms with Gasteiger partial charge in [-0.1, -0.05) is 15.9 Å². The van der Waals surface area contributed by atoms with Crippen molar-refractivity contribution in [2.75, 3.05) is 0 Å². The van der Waals surface area contributed by atoms with Gasteiger partial charge >= 0.3 is 5.91 Å². The number of hydrogen-bond acceptors (Lipinski definition) is 4. The van der Waals surface area contributed by atoms with E-state index in [4.69, 9.17) is 10.3 Å². The molecule has 1 heterocycles. The van der Waals surface area contributed by atoms with Gasteiger partial charge in [0, 0.05) is 9.37 Å². The molecule has 0 saturated carbocycles. The van der Waals surface area contributed by atoms with Crippen LogP contribution in [0.3, 0.4) is 0 Å². The van der Waals surface area contributed by atoms with E-state index in [1.54, 1.807) is 23.9 Å². The van der Waals surface area contributed by atoms with Crippen LogP contribution in [-0.4, -0.2) is 5.91 Å². The van der Waals surface area contributed by atoms with Crippen LogP contribution in [0.15, 0.2) is 50.2 Å². The minimum atomic E-state index is -0.421. The number of hydrazine groups is 1. The van der Waals surface area contributed by atoms with Gasteiger partial charge in [0.25, 0.3) is 0 Å². The average Bonchev–Trinajstić information content (AvgIpc) is 2.86. The molecule has 3 N–H and O–H groups in total. The molecular weight excluding hydrogens is 316 g/mol. The van der Waals surface area contributed by atoms with E-state index in [1.807, 2.05) is 29.7 Å². The number of nitrogens with one attached hydrogen (secondary N) is 1. The highest BCUT2D eigenvalue weighted by Gasteiger charge is 2.09. The van der Waals surface area contributed by atoms with Crippen LogP contribution in [0, 0.1) is 0 Å². The van der Waals surface area contributed by atoms with Gasteiger partial charge in [-0.05, 0) is 36.4 Å². The summed E-state index contributed by atoms with van der Waals surface area (Å²) in [6, 6.07) is 11.4. The minimum absolute atomic E-state index is 0.226. The Bertz CT molecular complexity index is 539. The number of amides is 1. The number of hydrogen-bond donors (Lipinski definition) is 2. The second kappa shape index (κ2) is 6.08. The van der Waals surface area contributed by atoms with Crippen LogP contribution in [0.2, 0.25) is 0 Å². The van der Waals surface area contributed by atoms with Gasteiger partial charge in [-0.15, -0.1) is 11.8 Å². The van der Waals surface area contributed by atoms with Gasteiger partial charge in [-0.3, -0.25) is 10.2 Å². The molecule has 0 saturated heterocycles. The molecule has 0 aliphatic heterocycles. The SMILES string of the molecule is NNC(=O)c1ccc(CSc2ccc(Br)cc2)o1.